The minimum Gasteiger partial charge on any atom is -0.481 e. The van der Waals surface area contributed by atoms with Crippen molar-refractivity contribution >= 4 is 23.9 Å². The zero-order valence-corrected chi connectivity index (χ0v) is 19.0. The number of carbonyl (C=O) groups excluding carboxylic acids is 3. The Kier molecular flexibility index (Phi) is 18.2. The molecule has 1 saturated heterocycles. The number of rotatable bonds is 17. The fourth-order valence-electron chi connectivity index (χ4n) is 3.31. The van der Waals surface area contributed by atoms with Crippen molar-refractivity contribution < 1.29 is 24.3 Å². The number of aliphatic carboxylic acids is 1. The molecule has 1 unspecified atom stereocenters. The Morgan fingerprint density at radius 1 is 0.839 bits per heavy atom. The van der Waals surface area contributed by atoms with E-state index in [0.717, 1.165) is 12.8 Å². The molecule has 180 valence electrons. The molecule has 0 spiro atoms. The molecule has 0 radical (unpaired) electrons. The quantitative estimate of drug-likeness (QED) is 0.169. The number of nitrogens with two attached hydrogens (primary N) is 1. The van der Waals surface area contributed by atoms with Gasteiger partial charge in [0.1, 0.15) is 0 Å². The van der Waals surface area contributed by atoms with Crippen molar-refractivity contribution in [3.63, 3.8) is 0 Å². The summed E-state index contributed by atoms with van der Waals surface area (Å²) in [6.45, 7) is 2.27. The van der Waals surface area contributed by atoms with Crippen molar-refractivity contribution in [2.75, 3.05) is 0 Å². The highest BCUT2D eigenvalue weighted by molar-refractivity contribution is 6.05. The van der Waals surface area contributed by atoms with Gasteiger partial charge < -0.3 is 21.5 Å². The maximum atomic E-state index is 10.7. The molecule has 9 nitrogen and oxygen atoms in total. The molecule has 6 N–H and O–H groups in total. The Bertz CT molecular complexity index is 528. The summed E-state index contributed by atoms with van der Waals surface area (Å²) < 4.78 is 0. The second kappa shape index (κ2) is 19.6. The molecule has 0 aromatic rings. The molecule has 1 heterocycles. The lowest BCUT2D eigenvalue weighted by atomic mass is 10.0. The van der Waals surface area contributed by atoms with E-state index in [-0.39, 0.29) is 0 Å². The summed E-state index contributed by atoms with van der Waals surface area (Å²) in [4.78, 5) is 41.6. The minimum atomic E-state index is -1.04. The second-order valence-corrected chi connectivity index (χ2v) is 8.00. The molecule has 1 fully saturated rings. The monoisotopic (exact) mass is 442 g/mol. The van der Waals surface area contributed by atoms with Gasteiger partial charge in [0.2, 0.25) is 0 Å². The average Bonchev–Trinajstić information content (AvgIpc) is 3.01. The van der Waals surface area contributed by atoms with E-state index in [4.69, 9.17) is 10.8 Å². The van der Waals surface area contributed by atoms with E-state index in [0.29, 0.717) is 6.42 Å². The molecule has 0 aliphatic carbocycles. The van der Waals surface area contributed by atoms with Crippen LogP contribution in [0.3, 0.4) is 0 Å². The van der Waals surface area contributed by atoms with Gasteiger partial charge in [0.15, 0.2) is 6.17 Å². The van der Waals surface area contributed by atoms with Crippen molar-refractivity contribution in [3.8, 4) is 0 Å². The lowest BCUT2D eigenvalue weighted by molar-refractivity contribution is -0.137. The Morgan fingerprint density at radius 3 is 1.58 bits per heavy atom. The zero-order chi connectivity index (χ0) is 23.3. The van der Waals surface area contributed by atoms with Gasteiger partial charge in [-0.2, -0.15) is 0 Å². The van der Waals surface area contributed by atoms with Gasteiger partial charge >= 0.3 is 18.0 Å². The number of unbranched alkanes of at least 4 members (excludes halogenated alkanes) is 14. The number of hydrogen-bond donors (Lipinski definition) is 5. The summed E-state index contributed by atoms with van der Waals surface area (Å²) in [5, 5.41) is 14.6. The first-order chi connectivity index (χ1) is 14.9. The number of imide groups is 1. The standard InChI is InChI=1S/C18H36O2.C4H6N4O3/c1-2-3-4-5-6-7-8-9-10-11-12-13-14-15-16-17-18(19)20;5-3(10)6-1-2(9)8-4(11)7-1/h2-17H2,1H3,(H,19,20);1H,(H3,5,6,10)(H2,7,8,9,11). The van der Waals surface area contributed by atoms with Crippen LogP contribution in [0.25, 0.3) is 0 Å². The average molecular weight is 443 g/mol. The molecule has 0 aromatic heterocycles. The first kappa shape index (κ1) is 28.7. The molecule has 0 bridgehead atoms. The van der Waals surface area contributed by atoms with Crippen LogP contribution < -0.4 is 21.7 Å². The van der Waals surface area contributed by atoms with E-state index in [1.165, 1.54) is 83.5 Å². The SMILES string of the molecule is CCCCCCCCCCCCCCCCCC(=O)O.NC(=O)NC1NC(=O)NC1=O. The van der Waals surface area contributed by atoms with E-state index in [2.05, 4.69) is 12.2 Å². The van der Waals surface area contributed by atoms with E-state index >= 15 is 0 Å². The van der Waals surface area contributed by atoms with Crippen LogP contribution in [0, 0.1) is 0 Å². The third kappa shape index (κ3) is 19.4. The number of carboxylic acids is 1. The van der Waals surface area contributed by atoms with Crippen molar-refractivity contribution in [2.45, 2.75) is 116 Å². The van der Waals surface area contributed by atoms with Gasteiger partial charge in [0.05, 0.1) is 0 Å². The number of urea groups is 2. The highest BCUT2D eigenvalue weighted by Crippen LogP contribution is 2.13. The van der Waals surface area contributed by atoms with E-state index < -0.39 is 30.1 Å². The van der Waals surface area contributed by atoms with Crippen molar-refractivity contribution in [3.05, 3.63) is 0 Å². The van der Waals surface area contributed by atoms with Crippen LogP contribution in [-0.4, -0.2) is 35.2 Å². The molecule has 0 saturated carbocycles. The molecule has 31 heavy (non-hydrogen) atoms. The van der Waals surface area contributed by atoms with Crippen molar-refractivity contribution in [1.82, 2.24) is 16.0 Å². The van der Waals surface area contributed by atoms with Gasteiger partial charge in [0.25, 0.3) is 5.91 Å². The number of hydrogen-bond acceptors (Lipinski definition) is 4. The Hall–Kier alpha value is -2.32. The number of carboxylic acid groups (broad SMARTS) is 1. The highest BCUT2D eigenvalue weighted by Gasteiger charge is 2.29. The second-order valence-electron chi connectivity index (χ2n) is 8.00. The lowest BCUT2D eigenvalue weighted by Crippen LogP contribution is -2.48. The number of carbonyl (C=O) groups is 4. The summed E-state index contributed by atoms with van der Waals surface area (Å²) >= 11 is 0. The summed E-state index contributed by atoms with van der Waals surface area (Å²) in [6, 6.07) is -1.51. The first-order valence-corrected chi connectivity index (χ1v) is 11.8. The molecule has 1 aliphatic rings. The van der Waals surface area contributed by atoms with Gasteiger partial charge in [-0.25, -0.2) is 9.59 Å². The van der Waals surface area contributed by atoms with Crippen LogP contribution in [0.4, 0.5) is 9.59 Å². The maximum Gasteiger partial charge on any atom is 0.323 e. The third-order valence-electron chi connectivity index (χ3n) is 5.06. The Morgan fingerprint density at radius 2 is 1.26 bits per heavy atom. The Balaban J connectivity index is 0.000000683. The summed E-state index contributed by atoms with van der Waals surface area (Å²) in [5.74, 6) is -1.27. The van der Waals surface area contributed by atoms with Gasteiger partial charge in [-0.1, -0.05) is 96.8 Å². The molecule has 9 heteroatoms. The fraction of sp³-hybridized carbons (Fsp3) is 0.818. The molecule has 5 amide bonds. The largest absolute Gasteiger partial charge is 0.481 e. The van der Waals surface area contributed by atoms with Crippen LogP contribution in [0.5, 0.6) is 0 Å². The summed E-state index contributed by atoms with van der Waals surface area (Å²) in [5.41, 5.74) is 4.70. The van der Waals surface area contributed by atoms with E-state index in [1.54, 1.807) is 0 Å². The third-order valence-corrected chi connectivity index (χ3v) is 5.06. The molecule has 1 rings (SSSR count). The molecular formula is C22H42N4O5. The maximum absolute atomic E-state index is 10.7. The van der Waals surface area contributed by atoms with Gasteiger partial charge in [0, 0.05) is 6.42 Å². The highest BCUT2D eigenvalue weighted by atomic mass is 16.4. The molecule has 1 aliphatic heterocycles. The number of nitrogens with one attached hydrogen (secondary N) is 3. The summed E-state index contributed by atoms with van der Waals surface area (Å²) in [6.07, 6.45) is 19.2. The van der Waals surface area contributed by atoms with Crippen LogP contribution in [0.2, 0.25) is 0 Å². The number of amides is 5. The van der Waals surface area contributed by atoms with Crippen LogP contribution in [0.1, 0.15) is 110 Å². The normalized spacial score (nSPS) is 14.9. The molecule has 0 aromatic carbocycles. The van der Waals surface area contributed by atoms with Gasteiger partial charge in [-0.05, 0) is 6.42 Å². The Labute approximate surface area is 186 Å². The molecule has 1 atom stereocenters. The predicted octanol–water partition coefficient (Wildman–Crippen LogP) is 4.15. The lowest BCUT2D eigenvalue weighted by Gasteiger charge is -2.05. The van der Waals surface area contributed by atoms with E-state index in [9.17, 15) is 19.2 Å². The first-order valence-electron chi connectivity index (χ1n) is 11.8. The summed E-state index contributed by atoms with van der Waals surface area (Å²) in [7, 11) is 0. The topological polar surface area (TPSA) is 151 Å². The predicted molar refractivity (Wildman–Crippen MR) is 120 cm³/mol. The minimum absolute atomic E-state index is 0.345. The number of primary amides is 1. The fourth-order valence-corrected chi connectivity index (χ4v) is 3.31. The molecular weight excluding hydrogens is 400 g/mol. The van der Waals surface area contributed by atoms with Gasteiger partial charge in [-0.15, -0.1) is 0 Å². The smallest absolute Gasteiger partial charge is 0.323 e. The van der Waals surface area contributed by atoms with Crippen LogP contribution >= 0.6 is 0 Å². The van der Waals surface area contributed by atoms with Crippen molar-refractivity contribution in [2.24, 2.45) is 5.73 Å². The van der Waals surface area contributed by atoms with Gasteiger partial charge in [-0.3, -0.25) is 14.9 Å². The van der Waals surface area contributed by atoms with Crippen LogP contribution in [0.15, 0.2) is 0 Å². The zero-order valence-electron chi connectivity index (χ0n) is 19.0. The van der Waals surface area contributed by atoms with Crippen molar-refractivity contribution in [1.29, 1.82) is 0 Å². The van der Waals surface area contributed by atoms with Crippen LogP contribution in [-0.2, 0) is 9.59 Å². The van der Waals surface area contributed by atoms with E-state index in [1.807, 2.05) is 10.6 Å².